The lowest BCUT2D eigenvalue weighted by Gasteiger charge is -2.03. The summed E-state index contributed by atoms with van der Waals surface area (Å²) >= 11 is 6.15. The monoisotopic (exact) mass is 254 g/mol. The Kier molecular flexibility index (Phi) is 3.11. The molecule has 2 heterocycles. The molecular weight excluding hydrogens is 240 g/mol. The molecule has 0 amide bonds. The van der Waals surface area contributed by atoms with Crippen LogP contribution in [0.25, 0.3) is 0 Å². The third-order valence-corrected chi connectivity index (χ3v) is 3.33. The largest absolute Gasteiger partial charge is 0.328 e. The Morgan fingerprint density at radius 2 is 2.00 bits per heavy atom. The highest BCUT2D eigenvalue weighted by Crippen LogP contribution is 2.19. The Bertz CT molecular complexity index is 593. The quantitative estimate of drug-likeness (QED) is 0.832. The Morgan fingerprint density at radius 3 is 2.47 bits per heavy atom. The first-order valence-electron chi connectivity index (χ1n) is 5.48. The van der Waals surface area contributed by atoms with E-state index in [1.54, 1.807) is 26.2 Å². The summed E-state index contributed by atoms with van der Waals surface area (Å²) < 4.78 is 5.00. The van der Waals surface area contributed by atoms with Gasteiger partial charge in [-0.15, -0.1) is 0 Å². The zero-order chi connectivity index (χ0) is 12.6. The van der Waals surface area contributed by atoms with E-state index in [1.807, 2.05) is 20.9 Å². The van der Waals surface area contributed by atoms with Gasteiger partial charge in [-0.3, -0.25) is 13.8 Å². The van der Waals surface area contributed by atoms with Crippen molar-refractivity contribution in [2.45, 2.75) is 26.9 Å². The SMILES string of the molecule is CCn1ccn(Cc2c(Cl)c(C)nn2C)c1=O. The Morgan fingerprint density at radius 1 is 1.35 bits per heavy atom. The van der Waals surface area contributed by atoms with Crippen LogP contribution in [0.15, 0.2) is 17.2 Å². The molecule has 0 spiro atoms. The molecule has 0 aliphatic heterocycles. The van der Waals surface area contributed by atoms with Crippen LogP contribution in [0.4, 0.5) is 0 Å². The number of nitrogens with zero attached hydrogens (tertiary/aromatic N) is 4. The third-order valence-electron chi connectivity index (χ3n) is 2.84. The van der Waals surface area contributed by atoms with E-state index in [4.69, 9.17) is 11.6 Å². The summed E-state index contributed by atoms with van der Waals surface area (Å²) in [5, 5.41) is 4.85. The highest BCUT2D eigenvalue weighted by molar-refractivity contribution is 6.31. The van der Waals surface area contributed by atoms with Crippen LogP contribution in [0.5, 0.6) is 0 Å². The molecule has 0 aliphatic rings. The minimum atomic E-state index is -0.0255. The number of halogens is 1. The van der Waals surface area contributed by atoms with Crippen LogP contribution >= 0.6 is 11.6 Å². The van der Waals surface area contributed by atoms with Crippen LogP contribution in [-0.2, 0) is 20.1 Å². The molecule has 92 valence electrons. The van der Waals surface area contributed by atoms with Gasteiger partial charge in [-0.1, -0.05) is 11.6 Å². The Labute approximate surface area is 104 Å². The van der Waals surface area contributed by atoms with Crippen molar-refractivity contribution in [3.05, 3.63) is 39.3 Å². The lowest BCUT2D eigenvalue weighted by molar-refractivity contribution is 0.626. The maximum Gasteiger partial charge on any atom is 0.328 e. The highest BCUT2D eigenvalue weighted by Gasteiger charge is 2.12. The van der Waals surface area contributed by atoms with Crippen molar-refractivity contribution in [1.82, 2.24) is 18.9 Å². The first kappa shape index (κ1) is 12.0. The first-order valence-corrected chi connectivity index (χ1v) is 5.86. The molecule has 0 saturated heterocycles. The summed E-state index contributed by atoms with van der Waals surface area (Å²) in [6.07, 6.45) is 3.55. The van der Waals surface area contributed by atoms with Crippen LogP contribution < -0.4 is 5.69 Å². The van der Waals surface area contributed by atoms with E-state index in [-0.39, 0.29) is 5.69 Å². The van der Waals surface area contributed by atoms with Crippen LogP contribution in [0.3, 0.4) is 0 Å². The molecule has 0 bridgehead atoms. The third kappa shape index (κ3) is 2.02. The van der Waals surface area contributed by atoms with Gasteiger partial charge in [0.25, 0.3) is 0 Å². The van der Waals surface area contributed by atoms with E-state index in [2.05, 4.69) is 5.10 Å². The molecule has 0 N–H and O–H groups in total. The van der Waals surface area contributed by atoms with Crippen molar-refractivity contribution in [3.8, 4) is 0 Å². The van der Waals surface area contributed by atoms with Crippen molar-refractivity contribution in [2.24, 2.45) is 7.05 Å². The van der Waals surface area contributed by atoms with Crippen LogP contribution in [0, 0.1) is 6.92 Å². The predicted molar refractivity (Wildman–Crippen MR) is 66.4 cm³/mol. The van der Waals surface area contributed by atoms with Crippen molar-refractivity contribution >= 4 is 11.6 Å². The summed E-state index contributed by atoms with van der Waals surface area (Å²) in [6, 6.07) is 0. The van der Waals surface area contributed by atoms with Gasteiger partial charge >= 0.3 is 5.69 Å². The van der Waals surface area contributed by atoms with Gasteiger partial charge in [0.2, 0.25) is 0 Å². The number of hydrogen-bond acceptors (Lipinski definition) is 2. The molecule has 5 nitrogen and oxygen atoms in total. The Hall–Kier alpha value is -1.49. The van der Waals surface area contributed by atoms with Gasteiger partial charge in [-0.25, -0.2) is 4.79 Å². The molecule has 2 aromatic rings. The van der Waals surface area contributed by atoms with E-state index in [0.29, 0.717) is 18.1 Å². The zero-order valence-corrected chi connectivity index (χ0v) is 10.9. The van der Waals surface area contributed by atoms with Crippen molar-refractivity contribution in [2.75, 3.05) is 0 Å². The van der Waals surface area contributed by atoms with E-state index in [9.17, 15) is 4.79 Å². The summed E-state index contributed by atoms with van der Waals surface area (Å²) in [5.41, 5.74) is 1.61. The average molecular weight is 255 g/mol. The van der Waals surface area contributed by atoms with Gasteiger partial charge in [0.1, 0.15) is 0 Å². The van der Waals surface area contributed by atoms with Crippen LogP contribution in [-0.4, -0.2) is 18.9 Å². The van der Waals surface area contributed by atoms with E-state index in [0.717, 1.165) is 11.4 Å². The lowest BCUT2D eigenvalue weighted by atomic mass is 10.3. The summed E-state index contributed by atoms with van der Waals surface area (Å²) in [5.74, 6) is 0. The van der Waals surface area contributed by atoms with Gasteiger partial charge in [0.15, 0.2) is 0 Å². The van der Waals surface area contributed by atoms with E-state index >= 15 is 0 Å². The molecule has 0 radical (unpaired) electrons. The number of imidazole rings is 1. The van der Waals surface area contributed by atoms with Crippen molar-refractivity contribution in [3.63, 3.8) is 0 Å². The van der Waals surface area contributed by atoms with Crippen LogP contribution in [0.2, 0.25) is 5.02 Å². The van der Waals surface area contributed by atoms with Crippen molar-refractivity contribution in [1.29, 1.82) is 0 Å². The van der Waals surface area contributed by atoms with Crippen LogP contribution in [0.1, 0.15) is 18.3 Å². The summed E-state index contributed by atoms with van der Waals surface area (Å²) in [4.78, 5) is 11.9. The van der Waals surface area contributed by atoms with Gasteiger partial charge in [0.05, 0.1) is 23.0 Å². The van der Waals surface area contributed by atoms with E-state index < -0.39 is 0 Å². The average Bonchev–Trinajstić information content (AvgIpc) is 2.75. The second-order valence-corrected chi connectivity index (χ2v) is 4.34. The van der Waals surface area contributed by atoms with Gasteiger partial charge in [-0.05, 0) is 13.8 Å². The van der Waals surface area contributed by atoms with Gasteiger partial charge in [0, 0.05) is 26.0 Å². The lowest BCUT2D eigenvalue weighted by Crippen LogP contribution is -2.24. The molecular formula is C11H15ClN4O. The molecule has 0 aromatic carbocycles. The summed E-state index contributed by atoms with van der Waals surface area (Å²) in [7, 11) is 1.83. The fraction of sp³-hybridized carbons (Fsp3) is 0.455. The highest BCUT2D eigenvalue weighted by atomic mass is 35.5. The second kappa shape index (κ2) is 4.41. The fourth-order valence-corrected chi connectivity index (χ4v) is 2.05. The topological polar surface area (TPSA) is 44.8 Å². The molecule has 6 heteroatoms. The molecule has 0 saturated carbocycles. The maximum atomic E-state index is 11.9. The standard InChI is InChI=1S/C11H15ClN4O/c1-4-15-5-6-16(11(15)17)7-9-10(12)8(2)13-14(9)3/h5-6H,4,7H2,1-3H3. The number of rotatable bonds is 3. The second-order valence-electron chi connectivity index (χ2n) is 3.96. The maximum absolute atomic E-state index is 11.9. The predicted octanol–water partition coefficient (Wildman–Crippen LogP) is 1.41. The van der Waals surface area contributed by atoms with E-state index in [1.165, 1.54) is 0 Å². The zero-order valence-electron chi connectivity index (χ0n) is 10.1. The normalized spacial score (nSPS) is 11.1. The first-order chi connectivity index (χ1) is 8.04. The Balaban J connectivity index is 2.38. The molecule has 0 atom stereocenters. The smallest absolute Gasteiger partial charge is 0.300 e. The molecule has 17 heavy (non-hydrogen) atoms. The minimum absolute atomic E-state index is 0.0255. The molecule has 0 aliphatic carbocycles. The number of hydrogen-bond donors (Lipinski definition) is 0. The fourth-order valence-electron chi connectivity index (χ4n) is 1.83. The number of aromatic nitrogens is 4. The van der Waals surface area contributed by atoms with Gasteiger partial charge < -0.3 is 0 Å². The van der Waals surface area contributed by atoms with Gasteiger partial charge in [-0.2, -0.15) is 5.10 Å². The van der Waals surface area contributed by atoms with Crippen molar-refractivity contribution < 1.29 is 0 Å². The molecule has 2 aromatic heterocycles. The minimum Gasteiger partial charge on any atom is -0.300 e. The molecule has 0 fully saturated rings. The molecule has 2 rings (SSSR count). The number of aryl methyl sites for hydroxylation is 3. The molecule has 0 unspecified atom stereocenters. The summed E-state index contributed by atoms with van der Waals surface area (Å²) in [6.45, 7) is 4.91.